The number of hydrogen-bond donors (Lipinski definition) is 3. The van der Waals surface area contributed by atoms with E-state index in [1.165, 1.54) is 12.8 Å². The van der Waals surface area contributed by atoms with E-state index < -0.39 is 6.03 Å². The van der Waals surface area contributed by atoms with E-state index in [0.29, 0.717) is 43.5 Å². The van der Waals surface area contributed by atoms with E-state index >= 15 is 0 Å². The van der Waals surface area contributed by atoms with Crippen LogP contribution in [0.25, 0.3) is 0 Å². The van der Waals surface area contributed by atoms with Gasteiger partial charge < -0.3 is 25.0 Å². The summed E-state index contributed by atoms with van der Waals surface area (Å²) >= 11 is 0. The first-order valence-electron chi connectivity index (χ1n) is 12.1. The summed E-state index contributed by atoms with van der Waals surface area (Å²) in [6.07, 6.45) is 6.54. The molecule has 0 bridgehead atoms. The SMILES string of the molecule is CCCCCCNC(=O)C1CCCN(CCC(=O)NC(=O)Nc2ccc3c(c2)OCCO3)C1. The van der Waals surface area contributed by atoms with Gasteiger partial charge in [0, 0.05) is 37.8 Å². The molecule has 0 spiro atoms. The van der Waals surface area contributed by atoms with Gasteiger partial charge in [-0.3, -0.25) is 14.9 Å². The number of rotatable bonds is 10. The second-order valence-electron chi connectivity index (χ2n) is 8.60. The minimum Gasteiger partial charge on any atom is -0.486 e. The van der Waals surface area contributed by atoms with Gasteiger partial charge in [0.05, 0.1) is 5.92 Å². The number of urea groups is 1. The van der Waals surface area contributed by atoms with Crippen molar-refractivity contribution in [2.45, 2.75) is 51.9 Å². The van der Waals surface area contributed by atoms with Gasteiger partial charge >= 0.3 is 6.03 Å². The first-order valence-corrected chi connectivity index (χ1v) is 12.1. The summed E-state index contributed by atoms with van der Waals surface area (Å²) < 4.78 is 11.0. The molecule has 1 saturated heterocycles. The van der Waals surface area contributed by atoms with Gasteiger partial charge in [0.1, 0.15) is 13.2 Å². The molecule has 1 aromatic carbocycles. The number of likely N-dealkylation sites (tertiary alicyclic amines) is 1. The smallest absolute Gasteiger partial charge is 0.325 e. The number of nitrogens with zero attached hydrogens (tertiary/aromatic N) is 1. The predicted octanol–water partition coefficient (Wildman–Crippen LogP) is 2.90. The summed E-state index contributed by atoms with van der Waals surface area (Å²) in [5, 5.41) is 8.05. The molecular formula is C24H36N4O5. The average molecular weight is 461 g/mol. The molecule has 9 nitrogen and oxygen atoms in total. The van der Waals surface area contributed by atoms with Crippen molar-refractivity contribution < 1.29 is 23.9 Å². The molecule has 0 saturated carbocycles. The number of hydrogen-bond acceptors (Lipinski definition) is 6. The number of anilines is 1. The molecule has 1 aromatic rings. The molecule has 4 amide bonds. The highest BCUT2D eigenvalue weighted by molar-refractivity contribution is 6.01. The van der Waals surface area contributed by atoms with Crippen LogP contribution in [0.2, 0.25) is 0 Å². The molecule has 1 unspecified atom stereocenters. The fourth-order valence-corrected chi connectivity index (χ4v) is 4.11. The Bertz CT molecular complexity index is 816. The van der Waals surface area contributed by atoms with Crippen LogP contribution >= 0.6 is 0 Å². The summed E-state index contributed by atoms with van der Waals surface area (Å²) in [5.41, 5.74) is 0.518. The number of ether oxygens (including phenoxy) is 2. The van der Waals surface area contributed by atoms with Crippen molar-refractivity contribution in [2.75, 3.05) is 44.7 Å². The van der Waals surface area contributed by atoms with E-state index in [9.17, 15) is 14.4 Å². The van der Waals surface area contributed by atoms with Crippen molar-refractivity contribution in [3.05, 3.63) is 18.2 Å². The third-order valence-electron chi connectivity index (χ3n) is 5.91. The van der Waals surface area contributed by atoms with Gasteiger partial charge in [0.15, 0.2) is 11.5 Å². The topological polar surface area (TPSA) is 109 Å². The van der Waals surface area contributed by atoms with Crippen molar-refractivity contribution in [3.63, 3.8) is 0 Å². The van der Waals surface area contributed by atoms with Gasteiger partial charge in [-0.1, -0.05) is 26.2 Å². The van der Waals surface area contributed by atoms with Gasteiger partial charge in [-0.25, -0.2) is 4.79 Å². The Hall–Kier alpha value is -2.81. The lowest BCUT2D eigenvalue weighted by atomic mass is 9.97. The summed E-state index contributed by atoms with van der Waals surface area (Å²) in [6.45, 7) is 5.88. The lowest BCUT2D eigenvalue weighted by Crippen LogP contribution is -2.44. The van der Waals surface area contributed by atoms with Crippen molar-refractivity contribution in [1.82, 2.24) is 15.5 Å². The van der Waals surface area contributed by atoms with Gasteiger partial charge in [0.25, 0.3) is 0 Å². The zero-order chi connectivity index (χ0) is 23.5. The van der Waals surface area contributed by atoms with Crippen LogP contribution in [0, 0.1) is 5.92 Å². The van der Waals surface area contributed by atoms with Crippen LogP contribution in [0.15, 0.2) is 18.2 Å². The number of amides is 4. The average Bonchev–Trinajstić information content (AvgIpc) is 2.82. The molecule has 2 aliphatic heterocycles. The summed E-state index contributed by atoms with van der Waals surface area (Å²) in [7, 11) is 0. The number of nitrogens with one attached hydrogen (secondary N) is 3. The Balaban J connectivity index is 1.35. The van der Waals surface area contributed by atoms with Crippen molar-refractivity contribution >= 4 is 23.5 Å². The molecule has 1 atom stereocenters. The Kier molecular flexibility index (Phi) is 9.80. The van der Waals surface area contributed by atoms with Crippen LogP contribution in [-0.4, -0.2) is 62.1 Å². The number of imide groups is 1. The summed E-state index contributed by atoms with van der Waals surface area (Å²) in [4.78, 5) is 39.0. The Morgan fingerprint density at radius 3 is 2.73 bits per heavy atom. The third kappa shape index (κ3) is 8.24. The predicted molar refractivity (Wildman–Crippen MR) is 126 cm³/mol. The molecule has 182 valence electrons. The number of carbonyl (C=O) groups is 3. The maximum atomic E-state index is 12.4. The van der Waals surface area contributed by atoms with Crippen LogP contribution in [0.3, 0.4) is 0 Å². The largest absolute Gasteiger partial charge is 0.486 e. The van der Waals surface area contributed by atoms with Gasteiger partial charge in [0.2, 0.25) is 11.8 Å². The third-order valence-corrected chi connectivity index (χ3v) is 5.91. The number of fused-ring (bicyclic) bond motifs is 1. The second-order valence-corrected chi connectivity index (χ2v) is 8.60. The number of unbranched alkanes of at least 4 members (excludes halogenated alkanes) is 3. The highest BCUT2D eigenvalue weighted by Crippen LogP contribution is 2.32. The molecule has 2 heterocycles. The van der Waals surface area contributed by atoms with Crippen LogP contribution in [-0.2, 0) is 9.59 Å². The standard InChI is InChI=1S/C24H36N4O5/c1-2-3-4-5-11-25-23(30)18-7-6-12-28(17-18)13-10-22(29)27-24(31)26-19-8-9-20-21(16-19)33-15-14-32-20/h8-9,16,18H,2-7,10-15,17H2,1H3,(H,25,30)(H2,26,27,29,31). The Morgan fingerprint density at radius 1 is 1.09 bits per heavy atom. The van der Waals surface area contributed by atoms with Crippen molar-refractivity contribution in [2.24, 2.45) is 5.92 Å². The molecule has 3 rings (SSSR count). The molecule has 1 fully saturated rings. The zero-order valence-electron chi connectivity index (χ0n) is 19.5. The second kappa shape index (κ2) is 13.0. The van der Waals surface area contributed by atoms with E-state index in [2.05, 4.69) is 27.8 Å². The van der Waals surface area contributed by atoms with Gasteiger partial charge in [-0.05, 0) is 37.9 Å². The maximum Gasteiger partial charge on any atom is 0.325 e. The number of carbonyl (C=O) groups excluding carboxylic acids is 3. The normalized spacial score (nSPS) is 17.8. The maximum absolute atomic E-state index is 12.4. The van der Waals surface area contributed by atoms with Gasteiger partial charge in [-0.15, -0.1) is 0 Å². The Labute approximate surface area is 195 Å². The fraction of sp³-hybridized carbons (Fsp3) is 0.625. The highest BCUT2D eigenvalue weighted by Gasteiger charge is 2.25. The molecule has 3 N–H and O–H groups in total. The fourth-order valence-electron chi connectivity index (χ4n) is 4.11. The zero-order valence-corrected chi connectivity index (χ0v) is 19.5. The van der Waals surface area contributed by atoms with E-state index in [1.54, 1.807) is 18.2 Å². The van der Waals surface area contributed by atoms with E-state index in [0.717, 1.165) is 38.8 Å². The van der Waals surface area contributed by atoms with Crippen LogP contribution in [0.4, 0.5) is 10.5 Å². The molecule has 0 aliphatic carbocycles. The quantitative estimate of drug-likeness (QED) is 0.463. The molecule has 0 aromatic heterocycles. The Morgan fingerprint density at radius 2 is 1.91 bits per heavy atom. The first-order chi connectivity index (χ1) is 16.0. The molecule has 2 aliphatic rings. The van der Waals surface area contributed by atoms with Gasteiger partial charge in [-0.2, -0.15) is 0 Å². The van der Waals surface area contributed by atoms with Crippen LogP contribution in [0.1, 0.15) is 51.9 Å². The minimum atomic E-state index is -0.587. The van der Waals surface area contributed by atoms with Crippen LogP contribution in [0.5, 0.6) is 11.5 Å². The molecule has 33 heavy (non-hydrogen) atoms. The lowest BCUT2D eigenvalue weighted by Gasteiger charge is -2.31. The van der Waals surface area contributed by atoms with Crippen molar-refractivity contribution in [1.29, 1.82) is 0 Å². The number of piperidine rings is 1. The van der Waals surface area contributed by atoms with E-state index in [-0.39, 0.29) is 24.2 Å². The van der Waals surface area contributed by atoms with E-state index in [4.69, 9.17) is 9.47 Å². The summed E-state index contributed by atoms with van der Waals surface area (Å²) in [5.74, 6) is 0.918. The molecule has 0 radical (unpaired) electrons. The number of benzene rings is 1. The van der Waals surface area contributed by atoms with Crippen LogP contribution < -0.4 is 25.4 Å². The van der Waals surface area contributed by atoms with E-state index in [1.807, 2.05) is 0 Å². The summed E-state index contributed by atoms with van der Waals surface area (Å²) in [6, 6.07) is 4.50. The highest BCUT2D eigenvalue weighted by atomic mass is 16.6. The molecular weight excluding hydrogens is 424 g/mol. The lowest BCUT2D eigenvalue weighted by molar-refractivity contribution is -0.126. The first kappa shape index (κ1) is 24.8. The monoisotopic (exact) mass is 460 g/mol. The van der Waals surface area contributed by atoms with Crippen molar-refractivity contribution in [3.8, 4) is 11.5 Å². The molecule has 9 heteroatoms. The minimum absolute atomic E-state index is 0.0357.